The maximum Gasteiger partial charge on any atom is 0.433 e. The zero-order valence-corrected chi connectivity index (χ0v) is 23.3. The lowest BCUT2D eigenvalue weighted by atomic mass is 9.67. The standard InChI is InChI=1S/C27H30Cl2F3N3O4/c1-25(2)11-16(12-25)34(14-20(36)21-18(28)5-4-6-19(21)29)23(37)17-13-33-35(22(17)27(30,31)32)15-7-9-26(3,10-8-15)24(38)39/h4-6,13,15-16H,7-12,14H2,1-3H3,(H,38,39). The lowest BCUT2D eigenvalue weighted by molar-refractivity contribution is -0.152. The molecule has 1 amide bonds. The van der Waals surface area contributed by atoms with E-state index in [1.54, 1.807) is 13.0 Å². The van der Waals surface area contributed by atoms with Gasteiger partial charge in [-0.25, -0.2) is 0 Å². The van der Waals surface area contributed by atoms with Crippen molar-refractivity contribution < 1.29 is 32.7 Å². The number of carbonyl (C=O) groups excluding carboxylic acids is 2. The van der Waals surface area contributed by atoms with Gasteiger partial charge < -0.3 is 10.0 Å². The number of carboxylic acid groups (broad SMARTS) is 1. The molecule has 0 atom stereocenters. The number of aliphatic carboxylic acids is 1. The number of nitrogens with zero attached hydrogens (tertiary/aromatic N) is 3. The molecule has 1 aromatic carbocycles. The number of hydrogen-bond acceptors (Lipinski definition) is 4. The predicted molar refractivity (Wildman–Crippen MR) is 139 cm³/mol. The third kappa shape index (κ3) is 5.82. The van der Waals surface area contributed by atoms with Gasteiger partial charge >= 0.3 is 12.1 Å². The van der Waals surface area contributed by atoms with E-state index in [-0.39, 0.29) is 46.7 Å². The summed E-state index contributed by atoms with van der Waals surface area (Å²) < 4.78 is 44.1. The van der Waals surface area contributed by atoms with Crippen LogP contribution in [0.2, 0.25) is 10.0 Å². The van der Waals surface area contributed by atoms with E-state index in [2.05, 4.69) is 5.10 Å². The maximum absolute atomic E-state index is 14.4. The fourth-order valence-electron chi connectivity index (χ4n) is 5.73. The van der Waals surface area contributed by atoms with Gasteiger partial charge in [0.1, 0.15) is 0 Å². The molecule has 212 valence electrons. The van der Waals surface area contributed by atoms with Gasteiger partial charge in [0.2, 0.25) is 0 Å². The predicted octanol–water partition coefficient (Wildman–Crippen LogP) is 6.93. The summed E-state index contributed by atoms with van der Waals surface area (Å²) in [6.07, 6.45) is -2.28. The van der Waals surface area contributed by atoms with Crippen molar-refractivity contribution in [3.05, 3.63) is 51.3 Å². The molecule has 1 heterocycles. The molecule has 0 spiro atoms. The molecule has 0 bridgehead atoms. The Bertz CT molecular complexity index is 1270. The highest BCUT2D eigenvalue weighted by molar-refractivity contribution is 6.40. The molecule has 39 heavy (non-hydrogen) atoms. The molecule has 2 aromatic rings. The first kappa shape index (κ1) is 29.4. The summed E-state index contributed by atoms with van der Waals surface area (Å²) in [7, 11) is 0. The van der Waals surface area contributed by atoms with E-state index in [0.29, 0.717) is 12.8 Å². The van der Waals surface area contributed by atoms with Gasteiger partial charge in [-0.2, -0.15) is 18.3 Å². The zero-order valence-electron chi connectivity index (χ0n) is 21.8. The first-order valence-electron chi connectivity index (χ1n) is 12.7. The molecule has 7 nitrogen and oxygen atoms in total. The van der Waals surface area contributed by atoms with E-state index in [4.69, 9.17) is 23.2 Å². The number of carboxylic acids is 1. The molecule has 2 aliphatic rings. The number of ketones is 1. The second kappa shape index (κ2) is 10.4. The molecule has 1 aromatic heterocycles. The number of benzene rings is 1. The lowest BCUT2D eigenvalue weighted by Gasteiger charge is -2.48. The summed E-state index contributed by atoms with van der Waals surface area (Å²) in [5, 5.41) is 13.6. The summed E-state index contributed by atoms with van der Waals surface area (Å²) in [6.45, 7) is 5.04. The van der Waals surface area contributed by atoms with Gasteiger partial charge in [0.25, 0.3) is 5.91 Å². The average molecular weight is 588 g/mol. The second-order valence-electron chi connectivity index (χ2n) is 11.6. The number of aromatic nitrogens is 2. The summed E-state index contributed by atoms with van der Waals surface area (Å²) in [4.78, 5) is 39.8. The topological polar surface area (TPSA) is 92.5 Å². The van der Waals surface area contributed by atoms with Crippen molar-refractivity contribution in [1.29, 1.82) is 0 Å². The number of amides is 1. The molecular formula is C27H30Cl2F3N3O4. The van der Waals surface area contributed by atoms with Crippen LogP contribution in [0.1, 0.15) is 91.7 Å². The normalized spacial score (nSPS) is 23.2. The van der Waals surface area contributed by atoms with Crippen molar-refractivity contribution in [2.45, 2.75) is 77.6 Å². The second-order valence-corrected chi connectivity index (χ2v) is 12.4. The minimum absolute atomic E-state index is 0.00708. The van der Waals surface area contributed by atoms with E-state index in [1.807, 2.05) is 13.8 Å². The number of halogens is 5. The average Bonchev–Trinajstić information content (AvgIpc) is 3.27. The van der Waals surface area contributed by atoms with Crippen LogP contribution >= 0.6 is 23.2 Å². The Labute approximate surface area is 234 Å². The maximum atomic E-state index is 14.4. The van der Waals surface area contributed by atoms with Crippen LogP contribution in [0.15, 0.2) is 24.4 Å². The Kier molecular flexibility index (Phi) is 7.86. The fraction of sp³-hybridized carbons (Fsp3) is 0.556. The van der Waals surface area contributed by atoms with Gasteiger partial charge in [-0.1, -0.05) is 43.1 Å². The van der Waals surface area contributed by atoms with Crippen LogP contribution < -0.4 is 0 Å². The van der Waals surface area contributed by atoms with Gasteiger partial charge in [-0.3, -0.25) is 19.1 Å². The molecule has 0 unspecified atom stereocenters. The molecule has 2 saturated carbocycles. The Morgan fingerprint density at radius 2 is 1.67 bits per heavy atom. The van der Waals surface area contributed by atoms with Crippen molar-refractivity contribution in [3.63, 3.8) is 0 Å². The summed E-state index contributed by atoms with van der Waals surface area (Å²) in [6, 6.07) is 3.35. The molecule has 1 N–H and O–H groups in total. The SMILES string of the molecule is CC1(C)CC(N(CC(=O)c2c(Cl)cccc2Cl)C(=O)c2cnn(C3CCC(C)(C(=O)O)CC3)c2C(F)(F)F)C1. The molecule has 12 heteroatoms. The first-order chi connectivity index (χ1) is 18.0. The van der Waals surface area contributed by atoms with Gasteiger partial charge in [0, 0.05) is 6.04 Å². The Balaban J connectivity index is 1.68. The van der Waals surface area contributed by atoms with Gasteiger partial charge in [0.15, 0.2) is 11.5 Å². The Hall–Kier alpha value is -2.59. The van der Waals surface area contributed by atoms with Crippen molar-refractivity contribution in [2.75, 3.05) is 6.54 Å². The fourth-order valence-corrected chi connectivity index (χ4v) is 6.34. The van der Waals surface area contributed by atoms with Crippen LogP contribution in [0.4, 0.5) is 13.2 Å². The van der Waals surface area contributed by atoms with Crippen LogP contribution in [0.5, 0.6) is 0 Å². The summed E-state index contributed by atoms with van der Waals surface area (Å²) in [5.74, 6) is -2.52. The highest BCUT2D eigenvalue weighted by Gasteiger charge is 2.47. The summed E-state index contributed by atoms with van der Waals surface area (Å²) in [5.41, 5.74) is -2.98. The van der Waals surface area contributed by atoms with Crippen LogP contribution in [0, 0.1) is 10.8 Å². The largest absolute Gasteiger partial charge is 0.481 e. The number of Topliss-reactive ketones (excluding diaryl/α,β-unsaturated/α-hetero) is 1. The van der Waals surface area contributed by atoms with Crippen LogP contribution in [0.3, 0.4) is 0 Å². The minimum Gasteiger partial charge on any atom is -0.481 e. The molecule has 2 fully saturated rings. The van der Waals surface area contributed by atoms with Crippen molar-refractivity contribution in [2.24, 2.45) is 10.8 Å². The van der Waals surface area contributed by atoms with Gasteiger partial charge in [-0.05, 0) is 63.0 Å². The Morgan fingerprint density at radius 3 is 2.15 bits per heavy atom. The Morgan fingerprint density at radius 1 is 1.10 bits per heavy atom. The van der Waals surface area contributed by atoms with Crippen molar-refractivity contribution >= 4 is 40.9 Å². The number of carbonyl (C=O) groups is 3. The molecule has 0 saturated heterocycles. The monoisotopic (exact) mass is 587 g/mol. The van der Waals surface area contributed by atoms with E-state index in [0.717, 1.165) is 10.9 Å². The third-order valence-corrected chi connectivity index (χ3v) is 8.68. The van der Waals surface area contributed by atoms with Gasteiger partial charge in [0.05, 0.1) is 45.4 Å². The van der Waals surface area contributed by atoms with Crippen molar-refractivity contribution in [1.82, 2.24) is 14.7 Å². The van der Waals surface area contributed by atoms with E-state index >= 15 is 0 Å². The molecule has 0 radical (unpaired) electrons. The molecule has 2 aliphatic carbocycles. The number of rotatable bonds is 7. The minimum atomic E-state index is -4.91. The third-order valence-electron chi connectivity index (χ3n) is 8.05. The van der Waals surface area contributed by atoms with E-state index in [1.165, 1.54) is 17.0 Å². The van der Waals surface area contributed by atoms with Crippen LogP contribution in [-0.2, 0) is 11.0 Å². The molecule has 4 rings (SSSR count). The van der Waals surface area contributed by atoms with E-state index in [9.17, 15) is 32.7 Å². The highest BCUT2D eigenvalue weighted by Crippen LogP contribution is 2.46. The van der Waals surface area contributed by atoms with Crippen molar-refractivity contribution in [3.8, 4) is 0 Å². The number of alkyl halides is 3. The highest BCUT2D eigenvalue weighted by atomic mass is 35.5. The van der Waals surface area contributed by atoms with Crippen LogP contribution in [0.25, 0.3) is 0 Å². The number of hydrogen-bond donors (Lipinski definition) is 1. The zero-order chi connectivity index (χ0) is 28.9. The first-order valence-corrected chi connectivity index (χ1v) is 13.5. The smallest absolute Gasteiger partial charge is 0.433 e. The van der Waals surface area contributed by atoms with Crippen LogP contribution in [-0.4, -0.2) is 50.0 Å². The quantitative estimate of drug-likeness (QED) is 0.354. The van der Waals surface area contributed by atoms with E-state index < -0.39 is 59.1 Å². The lowest BCUT2D eigenvalue weighted by Crippen LogP contribution is -2.53. The molecule has 0 aliphatic heterocycles. The molecular weight excluding hydrogens is 558 g/mol. The summed E-state index contributed by atoms with van der Waals surface area (Å²) >= 11 is 12.4. The van der Waals surface area contributed by atoms with Gasteiger partial charge in [-0.15, -0.1) is 0 Å².